The van der Waals surface area contributed by atoms with E-state index >= 15 is 0 Å². The van der Waals surface area contributed by atoms with Crippen LogP contribution in [0.15, 0.2) is 42.6 Å². The predicted molar refractivity (Wildman–Crippen MR) is 92.9 cm³/mol. The van der Waals surface area contributed by atoms with Gasteiger partial charge in [0.25, 0.3) is 5.69 Å². The number of pyridine rings is 1. The van der Waals surface area contributed by atoms with Crippen LogP contribution in [0.3, 0.4) is 0 Å². The maximum atomic E-state index is 11.8. The molecule has 0 amide bonds. The van der Waals surface area contributed by atoms with Crippen molar-refractivity contribution >= 4 is 32.9 Å². The summed E-state index contributed by atoms with van der Waals surface area (Å²) in [4.78, 5) is 14.0. The van der Waals surface area contributed by atoms with E-state index in [4.69, 9.17) is 0 Å². The first-order valence-corrected chi connectivity index (χ1v) is 9.03. The normalized spacial score (nSPS) is 11.0. The number of hydrogen-bond donors (Lipinski definition) is 2. The summed E-state index contributed by atoms with van der Waals surface area (Å²) in [5.41, 5.74) is 1.08. The topological polar surface area (TPSA) is 114 Å². The van der Waals surface area contributed by atoms with Gasteiger partial charge < -0.3 is 5.32 Å². The molecule has 9 heteroatoms. The molecule has 24 heavy (non-hydrogen) atoms. The van der Waals surface area contributed by atoms with Gasteiger partial charge in [-0.05, 0) is 36.8 Å². The van der Waals surface area contributed by atoms with Gasteiger partial charge in [0.1, 0.15) is 12.0 Å². The lowest BCUT2D eigenvalue weighted by atomic mass is 10.3. The van der Waals surface area contributed by atoms with E-state index < -0.39 is 14.9 Å². The maximum absolute atomic E-state index is 11.8. The fourth-order valence-electron chi connectivity index (χ4n) is 1.90. The molecule has 1 aromatic carbocycles. The van der Waals surface area contributed by atoms with Gasteiger partial charge in [0, 0.05) is 17.4 Å². The van der Waals surface area contributed by atoms with Crippen LogP contribution in [0.4, 0.5) is 22.9 Å². The second kappa shape index (κ2) is 7.73. The predicted octanol–water partition coefficient (Wildman–Crippen LogP) is 3.28. The molecule has 2 N–H and O–H groups in total. The van der Waals surface area contributed by atoms with Crippen LogP contribution >= 0.6 is 0 Å². The number of unbranched alkanes of at least 4 members (excludes halogenated alkanes) is 1. The molecule has 0 aliphatic heterocycles. The minimum atomic E-state index is -3.33. The number of nitrogens with zero attached hydrogens (tertiary/aromatic N) is 2. The van der Waals surface area contributed by atoms with Crippen LogP contribution in [0.1, 0.15) is 19.8 Å². The maximum Gasteiger partial charge on any atom is 0.287 e. The minimum absolute atomic E-state index is 0.0858. The van der Waals surface area contributed by atoms with Gasteiger partial charge in [-0.2, -0.15) is 0 Å². The lowest BCUT2D eigenvalue weighted by Crippen LogP contribution is -2.16. The Balaban J connectivity index is 2.00. The summed E-state index contributed by atoms with van der Waals surface area (Å²) in [6.45, 7) is 1.93. The largest absolute Gasteiger partial charge is 0.340 e. The fourth-order valence-corrected chi connectivity index (χ4v) is 3.17. The highest BCUT2D eigenvalue weighted by molar-refractivity contribution is 7.92. The minimum Gasteiger partial charge on any atom is -0.340 e. The Bertz CT molecular complexity index is 789. The molecule has 0 bridgehead atoms. The molecular formula is C15H18N4O4S. The number of hydrogen-bond acceptors (Lipinski definition) is 6. The highest BCUT2D eigenvalue weighted by Crippen LogP contribution is 2.20. The monoisotopic (exact) mass is 350 g/mol. The number of rotatable bonds is 8. The first-order valence-electron chi connectivity index (χ1n) is 7.37. The van der Waals surface area contributed by atoms with Crippen molar-refractivity contribution in [3.63, 3.8) is 0 Å². The molecule has 0 fully saturated rings. The van der Waals surface area contributed by atoms with Crippen molar-refractivity contribution in [3.8, 4) is 0 Å². The molecule has 2 aromatic rings. The van der Waals surface area contributed by atoms with E-state index in [-0.39, 0.29) is 11.4 Å². The van der Waals surface area contributed by atoms with Crippen molar-refractivity contribution in [2.45, 2.75) is 19.8 Å². The molecule has 0 atom stereocenters. The van der Waals surface area contributed by atoms with Gasteiger partial charge in [-0.15, -0.1) is 0 Å². The Kier molecular flexibility index (Phi) is 5.69. The molecule has 8 nitrogen and oxygen atoms in total. The molecular weight excluding hydrogens is 332 g/mol. The standard InChI is InChI=1S/C15H18N4O4S/c1-2-3-10-24(22,23)18-13-6-4-12(5-7-13)17-15-9-8-14(11-16-15)19(20)21/h4-9,11,18H,2-3,10H2,1H3,(H,16,17). The Morgan fingerprint density at radius 2 is 1.79 bits per heavy atom. The van der Waals surface area contributed by atoms with E-state index in [0.29, 0.717) is 23.6 Å². The van der Waals surface area contributed by atoms with E-state index in [0.717, 1.165) is 6.42 Å². The molecule has 2 rings (SSSR count). The zero-order valence-electron chi connectivity index (χ0n) is 13.1. The van der Waals surface area contributed by atoms with E-state index in [1.165, 1.54) is 18.3 Å². The smallest absolute Gasteiger partial charge is 0.287 e. The average molecular weight is 350 g/mol. The fraction of sp³-hybridized carbons (Fsp3) is 0.267. The number of benzene rings is 1. The van der Waals surface area contributed by atoms with Crippen molar-refractivity contribution < 1.29 is 13.3 Å². The van der Waals surface area contributed by atoms with Crippen LogP contribution in [0.25, 0.3) is 0 Å². The van der Waals surface area contributed by atoms with E-state index in [2.05, 4.69) is 15.0 Å². The van der Waals surface area contributed by atoms with E-state index in [1.807, 2.05) is 6.92 Å². The summed E-state index contributed by atoms with van der Waals surface area (Å²) >= 11 is 0. The second-order valence-electron chi connectivity index (χ2n) is 5.14. The SMILES string of the molecule is CCCCS(=O)(=O)Nc1ccc(Nc2ccc([N+](=O)[O-])cn2)cc1. The third-order valence-electron chi connectivity index (χ3n) is 3.16. The molecule has 0 aliphatic rings. The number of nitrogens with one attached hydrogen (secondary N) is 2. The first kappa shape index (κ1) is 17.7. The van der Waals surface area contributed by atoms with E-state index in [1.54, 1.807) is 24.3 Å². The summed E-state index contributed by atoms with van der Waals surface area (Å²) in [5.74, 6) is 0.549. The zero-order chi connectivity index (χ0) is 17.6. The van der Waals surface area contributed by atoms with Gasteiger partial charge >= 0.3 is 0 Å². The van der Waals surface area contributed by atoms with Crippen molar-refractivity contribution in [3.05, 3.63) is 52.7 Å². The summed E-state index contributed by atoms with van der Waals surface area (Å²) in [5, 5.41) is 13.6. The van der Waals surface area contributed by atoms with Crippen LogP contribution < -0.4 is 10.0 Å². The van der Waals surface area contributed by atoms with Crippen molar-refractivity contribution in [2.75, 3.05) is 15.8 Å². The van der Waals surface area contributed by atoms with Gasteiger partial charge in [-0.25, -0.2) is 13.4 Å². The van der Waals surface area contributed by atoms with Crippen LogP contribution in [-0.2, 0) is 10.0 Å². The lowest BCUT2D eigenvalue weighted by molar-refractivity contribution is -0.385. The molecule has 128 valence electrons. The Hall–Kier alpha value is -2.68. The quantitative estimate of drug-likeness (QED) is 0.558. The van der Waals surface area contributed by atoms with Gasteiger partial charge in [-0.3, -0.25) is 14.8 Å². The van der Waals surface area contributed by atoms with Gasteiger partial charge in [0.2, 0.25) is 10.0 Å². The van der Waals surface area contributed by atoms with Crippen molar-refractivity contribution in [1.29, 1.82) is 0 Å². The molecule has 0 aliphatic carbocycles. The number of aromatic nitrogens is 1. The second-order valence-corrected chi connectivity index (χ2v) is 6.98. The van der Waals surface area contributed by atoms with Gasteiger partial charge in [-0.1, -0.05) is 13.3 Å². The number of anilines is 3. The first-order chi connectivity index (χ1) is 11.4. The number of nitro groups is 1. The third-order valence-corrected chi connectivity index (χ3v) is 4.53. The Morgan fingerprint density at radius 1 is 1.12 bits per heavy atom. The van der Waals surface area contributed by atoms with Crippen molar-refractivity contribution in [2.24, 2.45) is 0 Å². The van der Waals surface area contributed by atoms with Gasteiger partial charge in [0.05, 0.1) is 10.7 Å². The third kappa shape index (κ3) is 5.20. The molecule has 0 radical (unpaired) electrons. The summed E-state index contributed by atoms with van der Waals surface area (Å²) < 4.78 is 26.2. The zero-order valence-corrected chi connectivity index (χ0v) is 13.9. The van der Waals surface area contributed by atoms with Crippen LogP contribution in [0.5, 0.6) is 0 Å². The molecule has 0 unspecified atom stereocenters. The van der Waals surface area contributed by atoms with E-state index in [9.17, 15) is 18.5 Å². The van der Waals surface area contributed by atoms with Crippen LogP contribution in [0, 0.1) is 10.1 Å². The lowest BCUT2D eigenvalue weighted by Gasteiger charge is -2.09. The highest BCUT2D eigenvalue weighted by Gasteiger charge is 2.09. The molecule has 0 saturated heterocycles. The number of sulfonamides is 1. The van der Waals surface area contributed by atoms with Crippen LogP contribution in [-0.4, -0.2) is 24.1 Å². The Labute approximate surface area is 140 Å². The van der Waals surface area contributed by atoms with Crippen LogP contribution in [0.2, 0.25) is 0 Å². The average Bonchev–Trinajstić information content (AvgIpc) is 2.55. The molecule has 0 spiro atoms. The molecule has 1 aromatic heterocycles. The summed E-state index contributed by atoms with van der Waals surface area (Å²) in [6.07, 6.45) is 2.59. The summed E-state index contributed by atoms with van der Waals surface area (Å²) in [7, 11) is -3.33. The molecule has 1 heterocycles. The van der Waals surface area contributed by atoms with Gasteiger partial charge in [0.15, 0.2) is 0 Å². The Morgan fingerprint density at radius 3 is 2.33 bits per heavy atom. The highest BCUT2D eigenvalue weighted by atomic mass is 32.2. The molecule has 0 saturated carbocycles. The summed E-state index contributed by atoms with van der Waals surface area (Å²) in [6, 6.07) is 9.51. The van der Waals surface area contributed by atoms with Crippen molar-refractivity contribution in [1.82, 2.24) is 4.98 Å².